The van der Waals surface area contributed by atoms with Crippen molar-refractivity contribution in [3.05, 3.63) is 72.6 Å². The Morgan fingerprint density at radius 3 is 2.36 bits per heavy atom. The van der Waals surface area contributed by atoms with E-state index in [9.17, 15) is 8.42 Å². The Morgan fingerprint density at radius 2 is 1.73 bits per heavy atom. The lowest BCUT2D eigenvalue weighted by molar-refractivity contribution is 0.581. The van der Waals surface area contributed by atoms with Crippen molar-refractivity contribution in [2.75, 3.05) is 0 Å². The third-order valence-corrected chi connectivity index (χ3v) is 4.56. The van der Waals surface area contributed by atoms with Gasteiger partial charge >= 0.3 is 0 Å². The summed E-state index contributed by atoms with van der Waals surface area (Å²) in [4.78, 5) is 0.259. The van der Waals surface area contributed by atoms with Crippen molar-refractivity contribution in [1.29, 1.82) is 0 Å². The molecule has 0 unspecified atom stereocenters. The molecule has 1 heterocycles. The minimum absolute atomic E-state index is 0.231. The minimum Gasteiger partial charge on any atom is -0.221 e. The molecule has 0 spiro atoms. The van der Waals surface area contributed by atoms with Gasteiger partial charge in [-0.05, 0) is 29.8 Å². The Labute approximate surface area is 128 Å². The lowest BCUT2D eigenvalue weighted by Gasteiger charge is -2.07. The maximum absolute atomic E-state index is 12.1. The third kappa shape index (κ3) is 3.21. The van der Waals surface area contributed by atoms with Crippen molar-refractivity contribution < 1.29 is 8.42 Å². The zero-order chi connectivity index (χ0) is 15.4. The summed E-state index contributed by atoms with van der Waals surface area (Å²) in [5.41, 5.74) is 1.73. The van der Waals surface area contributed by atoms with E-state index in [4.69, 9.17) is 0 Å². The second-order valence-electron chi connectivity index (χ2n) is 4.65. The summed E-state index contributed by atoms with van der Waals surface area (Å²) in [7, 11) is -3.49. The van der Waals surface area contributed by atoms with E-state index >= 15 is 0 Å². The largest absolute Gasteiger partial charge is 0.240 e. The number of benzene rings is 2. The van der Waals surface area contributed by atoms with Crippen molar-refractivity contribution >= 4 is 10.0 Å². The van der Waals surface area contributed by atoms with Gasteiger partial charge in [0.15, 0.2) is 0 Å². The second-order valence-corrected chi connectivity index (χ2v) is 6.42. The van der Waals surface area contributed by atoms with Crippen LogP contribution in [-0.2, 0) is 16.6 Å². The standard InChI is InChI=1S/C15H14N4O2S/c20-22(21,15-4-2-1-3-5-15)17-12-13-6-8-14(9-7-13)19-11-10-16-18-19/h1-11,17H,12H2. The summed E-state index contributed by atoms with van der Waals surface area (Å²) >= 11 is 0. The molecule has 0 saturated heterocycles. The van der Waals surface area contributed by atoms with Crippen LogP contribution in [0.25, 0.3) is 5.69 Å². The van der Waals surface area contributed by atoms with E-state index < -0.39 is 10.0 Å². The molecule has 0 aliphatic heterocycles. The Hall–Kier alpha value is -2.51. The van der Waals surface area contributed by atoms with Crippen LogP contribution < -0.4 is 4.72 Å². The Morgan fingerprint density at radius 1 is 1.00 bits per heavy atom. The number of aromatic nitrogens is 3. The average molecular weight is 314 g/mol. The van der Waals surface area contributed by atoms with Crippen LogP contribution in [0.2, 0.25) is 0 Å². The van der Waals surface area contributed by atoms with E-state index in [1.54, 1.807) is 47.4 Å². The monoisotopic (exact) mass is 314 g/mol. The molecule has 3 aromatic rings. The van der Waals surface area contributed by atoms with E-state index in [1.165, 1.54) is 0 Å². The molecule has 0 aliphatic carbocycles. The Kier molecular flexibility index (Phi) is 3.99. The van der Waals surface area contributed by atoms with Crippen LogP contribution in [0.15, 0.2) is 71.9 Å². The minimum atomic E-state index is -3.49. The van der Waals surface area contributed by atoms with Crippen LogP contribution in [-0.4, -0.2) is 23.4 Å². The second kappa shape index (κ2) is 6.08. The van der Waals surface area contributed by atoms with Crippen LogP contribution in [0.5, 0.6) is 0 Å². The van der Waals surface area contributed by atoms with Crippen molar-refractivity contribution in [2.45, 2.75) is 11.4 Å². The summed E-state index contributed by atoms with van der Waals surface area (Å²) < 4.78 is 28.5. The molecule has 1 N–H and O–H groups in total. The van der Waals surface area contributed by atoms with Gasteiger partial charge < -0.3 is 0 Å². The van der Waals surface area contributed by atoms with Crippen molar-refractivity contribution in [1.82, 2.24) is 19.7 Å². The SMILES string of the molecule is O=S(=O)(NCc1ccc(-n2ccnn2)cc1)c1ccccc1. The van der Waals surface area contributed by atoms with Crippen LogP contribution in [0, 0.1) is 0 Å². The van der Waals surface area contributed by atoms with Gasteiger partial charge in [-0.15, -0.1) is 5.10 Å². The number of hydrogen-bond donors (Lipinski definition) is 1. The first-order valence-electron chi connectivity index (χ1n) is 6.65. The fraction of sp³-hybridized carbons (Fsp3) is 0.0667. The summed E-state index contributed by atoms with van der Waals surface area (Å²) in [5.74, 6) is 0. The first-order valence-corrected chi connectivity index (χ1v) is 8.14. The summed E-state index contributed by atoms with van der Waals surface area (Å²) in [6.45, 7) is 0.231. The van der Waals surface area contributed by atoms with E-state index in [2.05, 4.69) is 15.0 Å². The zero-order valence-corrected chi connectivity index (χ0v) is 12.4. The number of rotatable bonds is 5. The molecule has 0 atom stereocenters. The van der Waals surface area contributed by atoms with Crippen molar-refractivity contribution in [2.24, 2.45) is 0 Å². The molecule has 22 heavy (non-hydrogen) atoms. The lowest BCUT2D eigenvalue weighted by atomic mass is 10.2. The van der Waals surface area contributed by atoms with Gasteiger partial charge in [-0.25, -0.2) is 17.8 Å². The molecular weight excluding hydrogens is 300 g/mol. The van der Waals surface area contributed by atoms with Gasteiger partial charge in [0.2, 0.25) is 10.0 Å². The van der Waals surface area contributed by atoms with Crippen molar-refractivity contribution in [3.63, 3.8) is 0 Å². The Balaban J connectivity index is 1.69. The van der Waals surface area contributed by atoms with E-state index in [1.807, 2.05) is 24.3 Å². The molecular formula is C15H14N4O2S. The first kappa shape index (κ1) is 14.4. The van der Waals surface area contributed by atoms with Gasteiger partial charge in [0.1, 0.15) is 0 Å². The molecule has 0 bridgehead atoms. The molecule has 0 saturated carbocycles. The van der Waals surface area contributed by atoms with Gasteiger partial charge in [-0.1, -0.05) is 35.5 Å². The summed E-state index contributed by atoms with van der Waals surface area (Å²) in [6.07, 6.45) is 3.34. The molecule has 112 valence electrons. The maximum atomic E-state index is 12.1. The predicted octanol–water partition coefficient (Wildman–Crippen LogP) is 1.75. The zero-order valence-electron chi connectivity index (χ0n) is 11.6. The topological polar surface area (TPSA) is 76.9 Å². The smallest absolute Gasteiger partial charge is 0.221 e. The number of nitrogens with one attached hydrogen (secondary N) is 1. The van der Waals surface area contributed by atoms with Crippen LogP contribution in [0.1, 0.15) is 5.56 Å². The molecule has 0 radical (unpaired) electrons. The van der Waals surface area contributed by atoms with Gasteiger partial charge in [0, 0.05) is 6.54 Å². The number of nitrogens with zero attached hydrogens (tertiary/aromatic N) is 3. The predicted molar refractivity (Wildman–Crippen MR) is 81.8 cm³/mol. The average Bonchev–Trinajstić information content (AvgIpc) is 3.09. The van der Waals surface area contributed by atoms with Gasteiger partial charge in [-0.2, -0.15) is 0 Å². The molecule has 2 aromatic carbocycles. The normalized spacial score (nSPS) is 11.5. The fourth-order valence-corrected chi connectivity index (χ4v) is 3.01. The van der Waals surface area contributed by atoms with Gasteiger partial charge in [0.25, 0.3) is 0 Å². The highest BCUT2D eigenvalue weighted by molar-refractivity contribution is 7.89. The summed E-state index contributed by atoms with van der Waals surface area (Å²) in [6, 6.07) is 15.7. The van der Waals surface area contributed by atoms with Gasteiger partial charge in [-0.3, -0.25) is 0 Å². The molecule has 0 amide bonds. The fourth-order valence-electron chi connectivity index (χ4n) is 1.97. The summed E-state index contributed by atoms with van der Waals surface area (Å²) in [5, 5.41) is 7.64. The molecule has 3 rings (SSSR count). The molecule has 0 aliphatic rings. The highest BCUT2D eigenvalue weighted by Gasteiger charge is 2.12. The highest BCUT2D eigenvalue weighted by Crippen LogP contribution is 2.11. The maximum Gasteiger partial charge on any atom is 0.240 e. The third-order valence-electron chi connectivity index (χ3n) is 3.14. The molecule has 1 aromatic heterocycles. The Bertz CT molecular complexity index is 829. The van der Waals surface area contributed by atoms with E-state index in [0.29, 0.717) is 0 Å². The van der Waals surface area contributed by atoms with Crippen LogP contribution in [0.3, 0.4) is 0 Å². The molecule has 0 fully saturated rings. The van der Waals surface area contributed by atoms with Crippen molar-refractivity contribution in [3.8, 4) is 5.69 Å². The van der Waals surface area contributed by atoms with E-state index in [-0.39, 0.29) is 11.4 Å². The van der Waals surface area contributed by atoms with E-state index in [0.717, 1.165) is 11.3 Å². The molecule has 6 nitrogen and oxygen atoms in total. The van der Waals surface area contributed by atoms with Crippen LogP contribution in [0.4, 0.5) is 0 Å². The lowest BCUT2D eigenvalue weighted by Crippen LogP contribution is -2.23. The highest BCUT2D eigenvalue weighted by atomic mass is 32.2. The number of hydrogen-bond acceptors (Lipinski definition) is 4. The quantitative estimate of drug-likeness (QED) is 0.778. The number of sulfonamides is 1. The molecule has 7 heteroatoms. The van der Waals surface area contributed by atoms with Gasteiger partial charge in [0.05, 0.1) is 23.0 Å². The first-order chi connectivity index (χ1) is 10.6. The van der Waals surface area contributed by atoms with Crippen LogP contribution >= 0.6 is 0 Å².